The lowest BCUT2D eigenvalue weighted by Gasteiger charge is -2.13. The second-order valence-corrected chi connectivity index (χ2v) is 8.65. The van der Waals surface area contributed by atoms with E-state index in [0.717, 1.165) is 10.8 Å². The van der Waals surface area contributed by atoms with Crippen LogP contribution < -0.4 is 5.46 Å². The third-order valence-corrected chi connectivity index (χ3v) is 6.84. The summed E-state index contributed by atoms with van der Waals surface area (Å²) in [5, 5.41) is 65.0. The second-order valence-electron chi connectivity index (χ2n) is 7.85. The molecule has 0 saturated carbocycles. The number of aromatic nitrogens is 1. The van der Waals surface area contributed by atoms with E-state index in [0.29, 0.717) is 16.9 Å². The Bertz CT molecular complexity index is 1780. The van der Waals surface area contributed by atoms with Gasteiger partial charge in [0.05, 0.1) is 22.0 Å². The van der Waals surface area contributed by atoms with Crippen LogP contribution in [0.5, 0.6) is 34.5 Å². The molecule has 0 aliphatic carbocycles. The van der Waals surface area contributed by atoms with Crippen LogP contribution in [0, 0.1) is 0 Å². The van der Waals surface area contributed by atoms with Crippen molar-refractivity contribution in [2.24, 2.45) is 0 Å². The molecule has 8 nitrogen and oxygen atoms in total. The fourth-order valence-corrected chi connectivity index (χ4v) is 4.96. The molecule has 0 atom stereocenters. The minimum absolute atomic E-state index is 0.0288. The molecule has 6 N–H and O–H groups in total. The molecule has 0 aliphatic heterocycles. The van der Waals surface area contributed by atoms with Gasteiger partial charge in [-0.3, -0.25) is 0 Å². The molecule has 6 aromatic rings. The van der Waals surface area contributed by atoms with Crippen LogP contribution in [0.3, 0.4) is 0 Å². The molecule has 0 aliphatic rings. The first kappa shape index (κ1) is 20.4. The molecule has 34 heavy (non-hydrogen) atoms. The van der Waals surface area contributed by atoms with Crippen LogP contribution in [0.25, 0.3) is 49.4 Å². The Hall–Kier alpha value is -4.18. The highest BCUT2D eigenvalue weighted by Gasteiger charge is 2.31. The van der Waals surface area contributed by atoms with Crippen LogP contribution in [-0.4, -0.2) is 43.1 Å². The maximum atomic E-state index is 10.9. The van der Waals surface area contributed by atoms with Crippen molar-refractivity contribution in [3.63, 3.8) is 0 Å². The highest BCUT2D eigenvalue weighted by molar-refractivity contribution is 9.10. The van der Waals surface area contributed by atoms with Gasteiger partial charge in [-0.25, -0.2) is 0 Å². The number of phenols is 6. The Balaban J connectivity index is 1.96. The van der Waals surface area contributed by atoms with E-state index in [-0.39, 0.29) is 31.7 Å². The monoisotopic (exact) mass is 517 g/mol. The van der Waals surface area contributed by atoms with Crippen LogP contribution in [0.2, 0.25) is 0 Å². The van der Waals surface area contributed by atoms with Gasteiger partial charge in [-0.15, -0.1) is 0 Å². The van der Waals surface area contributed by atoms with E-state index in [2.05, 4.69) is 15.9 Å². The molecular weight excluding hydrogens is 505 g/mol. The van der Waals surface area contributed by atoms with Crippen molar-refractivity contribution < 1.29 is 35.1 Å². The van der Waals surface area contributed by atoms with Crippen LogP contribution >= 0.6 is 15.9 Å². The molecule has 4 aromatic carbocycles. The summed E-state index contributed by atoms with van der Waals surface area (Å²) < 4.78 is 7.22. The van der Waals surface area contributed by atoms with Crippen molar-refractivity contribution >= 4 is 73.0 Å². The van der Waals surface area contributed by atoms with Gasteiger partial charge < -0.3 is 39.6 Å². The summed E-state index contributed by atoms with van der Waals surface area (Å²) in [7, 11) is 6.18. The molecule has 0 fully saturated rings. The summed E-state index contributed by atoms with van der Waals surface area (Å²) in [5.41, 5.74) is 0.826. The van der Waals surface area contributed by atoms with Gasteiger partial charge in [0, 0.05) is 10.8 Å². The second kappa shape index (κ2) is 6.67. The molecule has 2 aromatic heterocycles. The number of para-hydroxylation sites is 2. The number of phenolic OH excluding ortho intramolecular Hbond substituents is 6. The number of halogens is 1. The van der Waals surface area contributed by atoms with Gasteiger partial charge in [-0.05, 0) is 33.5 Å². The standard InChI is InChI=1S/C24H13BBrNO7/c25-14-16-12(19(29)23(33)20(14)30)13-17(22(32)21(31)15(26)18(13)28)27(16)10-6-3-5-9-8-4-1-2-7-11(8)34-24(9)10/h1-7,28-33H. The Labute approximate surface area is 199 Å². The molecule has 0 bridgehead atoms. The Morgan fingerprint density at radius 2 is 1.35 bits per heavy atom. The van der Waals surface area contributed by atoms with E-state index in [9.17, 15) is 30.6 Å². The van der Waals surface area contributed by atoms with Crippen molar-refractivity contribution in [3.05, 3.63) is 46.9 Å². The zero-order valence-corrected chi connectivity index (χ0v) is 18.6. The number of nitrogens with zero attached hydrogens (tertiary/aromatic N) is 1. The van der Waals surface area contributed by atoms with Crippen molar-refractivity contribution in [2.75, 3.05) is 0 Å². The number of furan rings is 1. The lowest BCUT2D eigenvalue weighted by atomic mass is 9.90. The van der Waals surface area contributed by atoms with Crippen LogP contribution in [0.15, 0.2) is 51.4 Å². The smallest absolute Gasteiger partial charge is 0.200 e. The average Bonchev–Trinajstić information content (AvgIpc) is 3.40. The predicted molar refractivity (Wildman–Crippen MR) is 131 cm³/mol. The molecule has 0 saturated heterocycles. The van der Waals surface area contributed by atoms with Gasteiger partial charge in [0.15, 0.2) is 34.3 Å². The molecule has 6 rings (SSSR count). The maximum Gasteiger partial charge on any atom is 0.200 e. The van der Waals surface area contributed by atoms with Crippen molar-refractivity contribution in [2.45, 2.75) is 0 Å². The summed E-state index contributed by atoms with van der Waals surface area (Å²) in [4.78, 5) is 0. The van der Waals surface area contributed by atoms with Gasteiger partial charge in [-0.1, -0.05) is 30.3 Å². The SMILES string of the molecule is [B]c1c(O)c(O)c(O)c2c3c(O)c(Br)c(O)c(O)c3n(-c3cccc4c3oc3ccccc34)c12. The summed E-state index contributed by atoms with van der Waals surface area (Å²) in [6.07, 6.45) is 0. The highest BCUT2D eigenvalue weighted by Crippen LogP contribution is 2.55. The molecule has 0 amide bonds. The predicted octanol–water partition coefficient (Wildman–Crippen LogP) is 4.47. The quantitative estimate of drug-likeness (QED) is 0.107. The Kier molecular flexibility index (Phi) is 4.01. The summed E-state index contributed by atoms with van der Waals surface area (Å²) >= 11 is 3.03. The molecular formula is C24H13BBrNO7. The molecule has 0 unspecified atom stereocenters. The van der Waals surface area contributed by atoms with Gasteiger partial charge in [0.1, 0.15) is 29.2 Å². The van der Waals surface area contributed by atoms with Gasteiger partial charge >= 0.3 is 0 Å². The molecule has 10 heteroatoms. The topological polar surface area (TPSA) is 139 Å². The number of fused-ring (bicyclic) bond motifs is 6. The van der Waals surface area contributed by atoms with Gasteiger partial charge in [0.25, 0.3) is 0 Å². The molecule has 166 valence electrons. The Morgan fingerprint density at radius 1 is 0.676 bits per heavy atom. The molecule has 2 heterocycles. The van der Waals surface area contributed by atoms with Gasteiger partial charge in [0.2, 0.25) is 0 Å². The average molecular weight is 518 g/mol. The van der Waals surface area contributed by atoms with Crippen molar-refractivity contribution in [1.29, 1.82) is 0 Å². The Morgan fingerprint density at radius 3 is 2.12 bits per heavy atom. The third-order valence-electron chi connectivity index (χ3n) is 6.09. The van der Waals surface area contributed by atoms with E-state index in [1.807, 2.05) is 24.3 Å². The van der Waals surface area contributed by atoms with Gasteiger partial charge in [-0.2, -0.15) is 0 Å². The first-order chi connectivity index (χ1) is 16.2. The highest BCUT2D eigenvalue weighted by atomic mass is 79.9. The minimum atomic E-state index is -0.894. The van der Waals surface area contributed by atoms with Crippen LogP contribution in [-0.2, 0) is 0 Å². The third kappa shape index (κ3) is 2.32. The fraction of sp³-hybridized carbons (Fsp3) is 0. The summed E-state index contributed by atoms with van der Waals surface area (Å²) in [6.45, 7) is 0. The van der Waals surface area contributed by atoms with E-state index in [4.69, 9.17) is 12.3 Å². The maximum absolute atomic E-state index is 10.9. The van der Waals surface area contributed by atoms with E-state index in [1.54, 1.807) is 18.2 Å². The lowest BCUT2D eigenvalue weighted by Crippen LogP contribution is -2.10. The first-order valence-electron chi connectivity index (χ1n) is 9.97. The lowest BCUT2D eigenvalue weighted by molar-refractivity contribution is 0.373. The normalized spacial score (nSPS) is 11.9. The number of aromatic hydroxyl groups is 6. The summed E-state index contributed by atoms with van der Waals surface area (Å²) in [6, 6.07) is 12.6. The minimum Gasteiger partial charge on any atom is -0.506 e. The van der Waals surface area contributed by atoms with Crippen molar-refractivity contribution in [1.82, 2.24) is 4.57 Å². The number of benzene rings is 4. The zero-order valence-electron chi connectivity index (χ0n) is 17.0. The molecule has 0 spiro atoms. The van der Waals surface area contributed by atoms with Crippen LogP contribution in [0.4, 0.5) is 0 Å². The van der Waals surface area contributed by atoms with Crippen molar-refractivity contribution in [3.8, 4) is 40.2 Å². The number of hydrogen-bond donors (Lipinski definition) is 6. The first-order valence-corrected chi connectivity index (χ1v) is 10.8. The largest absolute Gasteiger partial charge is 0.506 e. The van der Waals surface area contributed by atoms with E-state index in [1.165, 1.54) is 4.57 Å². The summed E-state index contributed by atoms with van der Waals surface area (Å²) in [5.74, 6) is -4.26. The fourth-order valence-electron chi connectivity index (χ4n) is 4.57. The molecule has 2 radical (unpaired) electrons. The van der Waals surface area contributed by atoms with Crippen LogP contribution in [0.1, 0.15) is 0 Å². The number of rotatable bonds is 1. The zero-order chi connectivity index (χ0) is 24.0. The van der Waals surface area contributed by atoms with E-state index < -0.39 is 34.5 Å². The number of hydrogen-bond acceptors (Lipinski definition) is 7. The van der Waals surface area contributed by atoms with E-state index >= 15 is 0 Å².